The average molecular weight is 239 g/mol. The zero-order chi connectivity index (χ0) is 12.8. The maximum atomic E-state index is 5.66. The Morgan fingerprint density at radius 1 is 1.33 bits per heavy atom. The summed E-state index contributed by atoms with van der Waals surface area (Å²) in [7, 11) is 0. The fourth-order valence-corrected chi connectivity index (χ4v) is 2.10. The van der Waals surface area contributed by atoms with Crippen molar-refractivity contribution < 1.29 is 0 Å². The molecule has 3 nitrogen and oxygen atoms in total. The molecule has 0 fully saturated rings. The number of hydrogen-bond donors (Lipinski definition) is 2. The van der Waals surface area contributed by atoms with E-state index in [4.69, 9.17) is 5.84 Å². The van der Waals surface area contributed by atoms with E-state index in [0.29, 0.717) is 0 Å². The van der Waals surface area contributed by atoms with Crippen molar-refractivity contribution in [1.82, 2.24) is 10.4 Å². The Kier molecular flexibility index (Phi) is 4.30. The Morgan fingerprint density at radius 2 is 2.22 bits per heavy atom. The van der Waals surface area contributed by atoms with E-state index in [2.05, 4.69) is 34.4 Å². The highest BCUT2D eigenvalue weighted by Gasteiger charge is 2.12. The van der Waals surface area contributed by atoms with Gasteiger partial charge in [0.25, 0.3) is 0 Å². The van der Waals surface area contributed by atoms with Crippen LogP contribution in [0.5, 0.6) is 0 Å². The molecule has 0 aliphatic carbocycles. The average Bonchev–Trinajstić information content (AvgIpc) is 2.43. The molecule has 1 atom stereocenters. The number of nitrogens with zero attached hydrogens (tertiary/aromatic N) is 1. The first-order valence-corrected chi connectivity index (χ1v) is 6.06. The molecular formula is C15H17N3. The Bertz CT molecular complexity index is 576. The van der Waals surface area contributed by atoms with Crippen LogP contribution in [0.15, 0.2) is 36.5 Å². The van der Waals surface area contributed by atoms with Crippen LogP contribution in [0, 0.1) is 11.8 Å². The fourth-order valence-electron chi connectivity index (χ4n) is 2.10. The standard InChI is InChI=1S/C15H17N3/c1-2-3-4-9-15(18-16)13-7-5-10-14-12(13)8-6-11-17-14/h5-8,10-11,15,18H,4,9,16H2,1H3. The van der Waals surface area contributed by atoms with Crippen molar-refractivity contribution >= 4 is 10.9 Å². The summed E-state index contributed by atoms with van der Waals surface area (Å²) >= 11 is 0. The largest absolute Gasteiger partial charge is 0.271 e. The predicted octanol–water partition coefficient (Wildman–Crippen LogP) is 2.54. The van der Waals surface area contributed by atoms with Gasteiger partial charge in [-0.25, -0.2) is 0 Å². The minimum absolute atomic E-state index is 0.110. The molecule has 0 bridgehead atoms. The summed E-state index contributed by atoms with van der Waals surface area (Å²) in [6.07, 6.45) is 3.53. The maximum Gasteiger partial charge on any atom is 0.0705 e. The minimum atomic E-state index is 0.110. The van der Waals surface area contributed by atoms with Gasteiger partial charge in [0.05, 0.1) is 5.52 Å². The summed E-state index contributed by atoms with van der Waals surface area (Å²) in [5.41, 5.74) is 5.05. The number of rotatable bonds is 4. The van der Waals surface area contributed by atoms with Crippen LogP contribution in [0.1, 0.15) is 31.4 Å². The SMILES string of the molecule is CC#CCCC(NN)c1cccc2ncccc12. The first-order chi connectivity index (χ1) is 8.86. The molecule has 3 heteroatoms. The quantitative estimate of drug-likeness (QED) is 0.490. The number of fused-ring (bicyclic) bond motifs is 1. The molecule has 92 valence electrons. The van der Waals surface area contributed by atoms with Crippen molar-refractivity contribution in [2.75, 3.05) is 0 Å². The molecule has 0 saturated carbocycles. The molecule has 0 saturated heterocycles. The fraction of sp³-hybridized carbons (Fsp3) is 0.267. The third-order valence-corrected chi connectivity index (χ3v) is 2.99. The molecule has 3 N–H and O–H groups in total. The molecule has 1 aromatic carbocycles. The van der Waals surface area contributed by atoms with E-state index in [-0.39, 0.29) is 6.04 Å². The van der Waals surface area contributed by atoms with Gasteiger partial charge in [-0.2, -0.15) is 0 Å². The lowest BCUT2D eigenvalue weighted by Crippen LogP contribution is -2.28. The lowest BCUT2D eigenvalue weighted by Gasteiger charge is -2.17. The molecule has 2 rings (SSSR count). The normalized spacial score (nSPS) is 11.9. The van der Waals surface area contributed by atoms with Crippen LogP contribution in [-0.4, -0.2) is 4.98 Å². The van der Waals surface area contributed by atoms with E-state index in [1.165, 1.54) is 5.56 Å². The maximum absolute atomic E-state index is 5.66. The number of aromatic nitrogens is 1. The number of hydrogen-bond acceptors (Lipinski definition) is 3. The van der Waals surface area contributed by atoms with Crippen molar-refractivity contribution in [3.8, 4) is 11.8 Å². The van der Waals surface area contributed by atoms with E-state index in [0.717, 1.165) is 23.7 Å². The van der Waals surface area contributed by atoms with Crippen molar-refractivity contribution in [2.24, 2.45) is 5.84 Å². The van der Waals surface area contributed by atoms with Gasteiger partial charge in [-0.15, -0.1) is 11.8 Å². The number of hydrazine groups is 1. The molecule has 0 spiro atoms. The molecule has 1 heterocycles. The van der Waals surface area contributed by atoms with Crippen LogP contribution >= 0.6 is 0 Å². The second-order valence-electron chi connectivity index (χ2n) is 4.10. The number of nitrogens with two attached hydrogens (primary N) is 1. The number of benzene rings is 1. The van der Waals surface area contributed by atoms with Crippen molar-refractivity contribution in [1.29, 1.82) is 0 Å². The van der Waals surface area contributed by atoms with Gasteiger partial charge in [0.1, 0.15) is 0 Å². The van der Waals surface area contributed by atoms with Gasteiger partial charge >= 0.3 is 0 Å². The molecule has 0 aliphatic rings. The van der Waals surface area contributed by atoms with Gasteiger partial charge in [-0.3, -0.25) is 16.3 Å². The summed E-state index contributed by atoms with van der Waals surface area (Å²) in [6, 6.07) is 10.3. The zero-order valence-electron chi connectivity index (χ0n) is 10.5. The van der Waals surface area contributed by atoms with Crippen molar-refractivity contribution in [3.05, 3.63) is 42.1 Å². The first kappa shape index (κ1) is 12.6. The Labute approximate surface area is 107 Å². The molecule has 18 heavy (non-hydrogen) atoms. The Hall–Kier alpha value is -1.89. The predicted molar refractivity (Wildman–Crippen MR) is 74.5 cm³/mol. The smallest absolute Gasteiger partial charge is 0.0705 e. The number of pyridine rings is 1. The van der Waals surface area contributed by atoms with Gasteiger partial charge in [-0.1, -0.05) is 18.2 Å². The topological polar surface area (TPSA) is 50.9 Å². The van der Waals surface area contributed by atoms with Crippen LogP contribution in [-0.2, 0) is 0 Å². The van der Waals surface area contributed by atoms with Crippen molar-refractivity contribution in [3.63, 3.8) is 0 Å². The van der Waals surface area contributed by atoms with Gasteiger partial charge < -0.3 is 0 Å². The molecule has 1 aromatic heterocycles. The second-order valence-corrected chi connectivity index (χ2v) is 4.10. The van der Waals surface area contributed by atoms with Gasteiger partial charge in [0, 0.05) is 24.0 Å². The molecule has 0 amide bonds. The molecule has 2 aromatic rings. The third kappa shape index (κ3) is 2.67. The van der Waals surface area contributed by atoms with E-state index in [1.54, 1.807) is 6.20 Å². The Morgan fingerprint density at radius 3 is 3.00 bits per heavy atom. The monoisotopic (exact) mass is 239 g/mol. The first-order valence-electron chi connectivity index (χ1n) is 6.06. The van der Waals surface area contributed by atoms with Crippen LogP contribution < -0.4 is 11.3 Å². The lowest BCUT2D eigenvalue weighted by atomic mass is 9.98. The minimum Gasteiger partial charge on any atom is -0.271 e. The van der Waals surface area contributed by atoms with Crippen molar-refractivity contribution in [2.45, 2.75) is 25.8 Å². The zero-order valence-corrected chi connectivity index (χ0v) is 10.5. The van der Waals surface area contributed by atoms with Gasteiger partial charge in [-0.05, 0) is 31.0 Å². The third-order valence-electron chi connectivity index (χ3n) is 2.99. The number of nitrogens with one attached hydrogen (secondary N) is 1. The van der Waals surface area contributed by atoms with Gasteiger partial charge in [0.2, 0.25) is 0 Å². The highest BCUT2D eigenvalue weighted by molar-refractivity contribution is 5.82. The van der Waals surface area contributed by atoms with E-state index < -0.39 is 0 Å². The highest BCUT2D eigenvalue weighted by atomic mass is 15.2. The highest BCUT2D eigenvalue weighted by Crippen LogP contribution is 2.25. The summed E-state index contributed by atoms with van der Waals surface area (Å²) < 4.78 is 0. The molecular weight excluding hydrogens is 222 g/mol. The van der Waals surface area contributed by atoms with E-state index in [1.807, 2.05) is 25.1 Å². The summed E-state index contributed by atoms with van der Waals surface area (Å²) in [4.78, 5) is 4.36. The van der Waals surface area contributed by atoms with Crippen LogP contribution in [0.2, 0.25) is 0 Å². The molecule has 0 radical (unpaired) electrons. The van der Waals surface area contributed by atoms with Crippen LogP contribution in [0.4, 0.5) is 0 Å². The summed E-state index contributed by atoms with van der Waals surface area (Å²) in [6.45, 7) is 1.85. The Balaban J connectivity index is 2.34. The second kappa shape index (κ2) is 6.15. The summed E-state index contributed by atoms with van der Waals surface area (Å²) in [5, 5.41) is 1.15. The van der Waals surface area contributed by atoms with E-state index in [9.17, 15) is 0 Å². The van der Waals surface area contributed by atoms with E-state index >= 15 is 0 Å². The molecule has 0 aliphatic heterocycles. The van der Waals surface area contributed by atoms with Crippen LogP contribution in [0.25, 0.3) is 10.9 Å². The van der Waals surface area contributed by atoms with Crippen LogP contribution in [0.3, 0.4) is 0 Å². The van der Waals surface area contributed by atoms with Gasteiger partial charge in [0.15, 0.2) is 0 Å². The molecule has 1 unspecified atom stereocenters. The lowest BCUT2D eigenvalue weighted by molar-refractivity contribution is 0.527. The summed E-state index contributed by atoms with van der Waals surface area (Å²) in [5.74, 6) is 11.6.